The van der Waals surface area contributed by atoms with Gasteiger partial charge in [0.05, 0.1) is 12.4 Å². The third kappa shape index (κ3) is 7.53. The van der Waals surface area contributed by atoms with Crippen LogP contribution in [0.15, 0.2) is 59.0 Å². The SMILES string of the molecule is CN(C)CCNCc1ccc(-c2nnc(CSCCOc3ccccc3)o2)cc1. The number of nitrogens with one attached hydrogen (secondary N) is 1. The van der Waals surface area contributed by atoms with Gasteiger partial charge in [0.1, 0.15) is 5.75 Å². The third-order valence-electron chi connectivity index (χ3n) is 4.20. The molecule has 0 saturated heterocycles. The van der Waals surface area contributed by atoms with Crippen LogP contribution < -0.4 is 10.1 Å². The number of likely N-dealkylation sites (N-methyl/N-ethyl adjacent to an activating group) is 1. The number of para-hydroxylation sites is 1. The molecule has 6 nitrogen and oxygen atoms in total. The van der Waals surface area contributed by atoms with Gasteiger partial charge in [-0.15, -0.1) is 22.0 Å². The molecule has 7 heteroatoms. The number of aromatic nitrogens is 2. The highest BCUT2D eigenvalue weighted by molar-refractivity contribution is 7.98. The smallest absolute Gasteiger partial charge is 0.247 e. The minimum absolute atomic E-state index is 0.563. The van der Waals surface area contributed by atoms with E-state index in [-0.39, 0.29) is 0 Å². The maximum Gasteiger partial charge on any atom is 0.247 e. The zero-order valence-electron chi connectivity index (χ0n) is 17.0. The second-order valence-corrected chi connectivity index (χ2v) is 8.00. The minimum atomic E-state index is 0.563. The van der Waals surface area contributed by atoms with Gasteiger partial charge < -0.3 is 19.4 Å². The second-order valence-electron chi connectivity index (χ2n) is 6.89. The summed E-state index contributed by atoms with van der Waals surface area (Å²) in [4.78, 5) is 2.16. The topological polar surface area (TPSA) is 63.4 Å². The number of benzene rings is 2. The van der Waals surface area contributed by atoms with Crippen molar-refractivity contribution >= 4 is 11.8 Å². The molecule has 0 fully saturated rings. The summed E-state index contributed by atoms with van der Waals surface area (Å²) in [5.74, 6) is 3.64. The Hall–Kier alpha value is -2.35. The molecule has 154 valence electrons. The van der Waals surface area contributed by atoms with Crippen LogP contribution >= 0.6 is 11.8 Å². The lowest BCUT2D eigenvalue weighted by Crippen LogP contribution is -2.26. The van der Waals surface area contributed by atoms with Crippen LogP contribution in [-0.4, -0.2) is 54.6 Å². The molecule has 0 spiro atoms. The van der Waals surface area contributed by atoms with Crippen LogP contribution in [0.2, 0.25) is 0 Å². The zero-order chi connectivity index (χ0) is 20.3. The number of rotatable bonds is 12. The number of hydrogen-bond acceptors (Lipinski definition) is 7. The van der Waals surface area contributed by atoms with Crippen molar-refractivity contribution < 1.29 is 9.15 Å². The van der Waals surface area contributed by atoms with Crippen LogP contribution in [0.1, 0.15) is 11.5 Å². The summed E-state index contributed by atoms with van der Waals surface area (Å²) in [6.45, 7) is 3.50. The van der Waals surface area contributed by atoms with Crippen molar-refractivity contribution in [2.75, 3.05) is 39.5 Å². The maximum absolute atomic E-state index is 5.79. The van der Waals surface area contributed by atoms with Crippen molar-refractivity contribution in [1.29, 1.82) is 0 Å². The summed E-state index contributed by atoms with van der Waals surface area (Å²) in [7, 11) is 4.15. The first-order chi connectivity index (χ1) is 14.2. The Labute approximate surface area is 176 Å². The van der Waals surface area contributed by atoms with E-state index in [1.54, 1.807) is 11.8 Å². The van der Waals surface area contributed by atoms with Gasteiger partial charge in [0.25, 0.3) is 0 Å². The van der Waals surface area contributed by atoms with Crippen molar-refractivity contribution in [3.8, 4) is 17.2 Å². The molecule has 0 bridgehead atoms. The summed E-state index contributed by atoms with van der Waals surface area (Å²) < 4.78 is 11.5. The van der Waals surface area contributed by atoms with E-state index >= 15 is 0 Å². The number of ether oxygens (including phenoxy) is 1. The molecule has 0 aliphatic carbocycles. The molecule has 0 radical (unpaired) electrons. The number of hydrogen-bond donors (Lipinski definition) is 1. The van der Waals surface area contributed by atoms with Gasteiger partial charge in [-0.3, -0.25) is 0 Å². The predicted octanol–water partition coefficient (Wildman–Crippen LogP) is 3.70. The molecule has 1 N–H and O–H groups in total. The molecule has 1 aromatic heterocycles. The van der Waals surface area contributed by atoms with Gasteiger partial charge in [-0.25, -0.2) is 0 Å². The lowest BCUT2D eigenvalue weighted by Gasteiger charge is -2.10. The first-order valence-electron chi connectivity index (χ1n) is 9.73. The summed E-state index contributed by atoms with van der Waals surface area (Å²) in [5, 5.41) is 11.8. The van der Waals surface area contributed by atoms with Crippen LogP contribution in [0.5, 0.6) is 5.75 Å². The summed E-state index contributed by atoms with van der Waals surface area (Å²) >= 11 is 1.72. The van der Waals surface area contributed by atoms with Gasteiger partial charge >= 0.3 is 0 Å². The predicted molar refractivity (Wildman–Crippen MR) is 118 cm³/mol. The third-order valence-corrected chi connectivity index (χ3v) is 5.10. The van der Waals surface area contributed by atoms with E-state index in [0.29, 0.717) is 24.1 Å². The Morgan fingerprint density at radius 2 is 1.83 bits per heavy atom. The van der Waals surface area contributed by atoms with Crippen LogP contribution in [0.3, 0.4) is 0 Å². The molecule has 29 heavy (non-hydrogen) atoms. The van der Waals surface area contributed by atoms with Crippen LogP contribution in [-0.2, 0) is 12.3 Å². The first kappa shape index (κ1) is 21.4. The molecule has 0 saturated carbocycles. The Kier molecular flexibility index (Phi) is 8.55. The van der Waals surface area contributed by atoms with E-state index in [1.165, 1.54) is 5.56 Å². The molecule has 0 aliphatic heterocycles. The fourth-order valence-corrected chi connectivity index (χ4v) is 3.26. The van der Waals surface area contributed by atoms with Gasteiger partial charge in [0.2, 0.25) is 11.8 Å². The molecule has 3 rings (SSSR count). The fourth-order valence-electron chi connectivity index (χ4n) is 2.62. The monoisotopic (exact) mass is 412 g/mol. The highest BCUT2D eigenvalue weighted by Gasteiger charge is 2.08. The van der Waals surface area contributed by atoms with E-state index in [1.807, 2.05) is 42.5 Å². The number of nitrogens with zero attached hydrogens (tertiary/aromatic N) is 3. The van der Waals surface area contributed by atoms with E-state index in [2.05, 4.69) is 46.6 Å². The fraction of sp³-hybridized carbons (Fsp3) is 0.364. The molecule has 0 amide bonds. The lowest BCUT2D eigenvalue weighted by molar-refractivity contribution is 0.344. The van der Waals surface area contributed by atoms with Gasteiger partial charge in [0, 0.05) is 31.0 Å². The molecular formula is C22H28N4O2S. The molecule has 0 atom stereocenters. The van der Waals surface area contributed by atoms with Crippen molar-refractivity contribution in [3.63, 3.8) is 0 Å². The summed E-state index contributed by atoms with van der Waals surface area (Å²) in [5.41, 5.74) is 2.18. The molecule has 3 aromatic rings. The summed E-state index contributed by atoms with van der Waals surface area (Å²) in [6.07, 6.45) is 0. The van der Waals surface area contributed by atoms with Crippen LogP contribution in [0.25, 0.3) is 11.5 Å². The molecule has 0 aliphatic rings. The van der Waals surface area contributed by atoms with E-state index in [4.69, 9.17) is 9.15 Å². The van der Waals surface area contributed by atoms with Crippen molar-refractivity contribution in [2.45, 2.75) is 12.3 Å². The number of thioether (sulfide) groups is 1. The molecular weight excluding hydrogens is 384 g/mol. The minimum Gasteiger partial charge on any atom is -0.493 e. The Morgan fingerprint density at radius 3 is 2.59 bits per heavy atom. The average Bonchev–Trinajstić information content (AvgIpc) is 3.21. The van der Waals surface area contributed by atoms with Gasteiger partial charge in [-0.2, -0.15) is 0 Å². The van der Waals surface area contributed by atoms with Gasteiger partial charge in [-0.1, -0.05) is 30.3 Å². The van der Waals surface area contributed by atoms with E-state index in [0.717, 1.165) is 36.7 Å². The van der Waals surface area contributed by atoms with Crippen molar-refractivity contribution in [2.24, 2.45) is 0 Å². The second kappa shape index (κ2) is 11.6. The average molecular weight is 413 g/mol. The van der Waals surface area contributed by atoms with Crippen molar-refractivity contribution in [1.82, 2.24) is 20.4 Å². The van der Waals surface area contributed by atoms with E-state index < -0.39 is 0 Å². The Bertz CT molecular complexity index is 838. The molecule has 0 unspecified atom stereocenters. The van der Waals surface area contributed by atoms with E-state index in [9.17, 15) is 0 Å². The summed E-state index contributed by atoms with van der Waals surface area (Å²) in [6, 6.07) is 18.1. The highest BCUT2D eigenvalue weighted by atomic mass is 32.2. The normalized spacial score (nSPS) is 11.1. The van der Waals surface area contributed by atoms with Gasteiger partial charge in [-0.05, 0) is 43.9 Å². The largest absolute Gasteiger partial charge is 0.493 e. The van der Waals surface area contributed by atoms with Crippen LogP contribution in [0, 0.1) is 0 Å². The first-order valence-corrected chi connectivity index (χ1v) is 10.9. The van der Waals surface area contributed by atoms with Crippen LogP contribution in [0.4, 0.5) is 0 Å². The Balaban J connectivity index is 1.38. The standard InChI is InChI=1S/C22H28N4O2S/c1-26(2)13-12-23-16-18-8-10-19(11-9-18)22-25-24-21(28-22)17-29-15-14-27-20-6-4-3-5-7-20/h3-11,23H,12-17H2,1-2H3. The van der Waals surface area contributed by atoms with Crippen molar-refractivity contribution in [3.05, 3.63) is 66.1 Å². The maximum atomic E-state index is 5.79. The highest BCUT2D eigenvalue weighted by Crippen LogP contribution is 2.20. The Morgan fingerprint density at radius 1 is 1.03 bits per heavy atom. The molecule has 1 heterocycles. The molecule has 2 aromatic carbocycles. The zero-order valence-corrected chi connectivity index (χ0v) is 17.8. The quantitative estimate of drug-likeness (QED) is 0.455. The van der Waals surface area contributed by atoms with Gasteiger partial charge in [0.15, 0.2) is 0 Å². The lowest BCUT2D eigenvalue weighted by atomic mass is 10.1.